The zero-order valence-electron chi connectivity index (χ0n) is 27.2. The van der Waals surface area contributed by atoms with Gasteiger partial charge in [0.25, 0.3) is 10.1 Å². The van der Waals surface area contributed by atoms with E-state index in [2.05, 4.69) is 36.0 Å². The molecule has 0 saturated heterocycles. The van der Waals surface area contributed by atoms with Gasteiger partial charge in [0.1, 0.15) is 22.0 Å². The summed E-state index contributed by atoms with van der Waals surface area (Å²) >= 11 is 0. The predicted octanol–water partition coefficient (Wildman–Crippen LogP) is 11.4. The molecular weight excluding hydrogens is 655 g/mol. The molecule has 3 N–H and O–H groups in total. The van der Waals surface area contributed by atoms with Crippen LogP contribution in [0.25, 0.3) is 10.8 Å². The lowest BCUT2D eigenvalue weighted by Crippen LogP contribution is -1.97. The summed E-state index contributed by atoms with van der Waals surface area (Å²) in [6, 6.07) is 33.2. The summed E-state index contributed by atoms with van der Waals surface area (Å²) in [5.74, 6) is 0.818. The Balaban J connectivity index is 1.13. The zero-order chi connectivity index (χ0) is 35.3. The highest BCUT2D eigenvalue weighted by Crippen LogP contribution is 2.38. The summed E-state index contributed by atoms with van der Waals surface area (Å²) in [7, 11) is -2.80. The molecule has 0 spiro atoms. The van der Waals surface area contributed by atoms with E-state index in [1.807, 2.05) is 74.5 Å². The number of ether oxygens (including phenoxy) is 1. The molecule has 0 unspecified atom stereocenters. The average Bonchev–Trinajstić information content (AvgIpc) is 3.11. The van der Waals surface area contributed by atoms with E-state index in [1.165, 1.54) is 18.2 Å². The molecule has 0 aliphatic carbocycles. The number of hydrogen-bond acceptors (Lipinski definition) is 11. The van der Waals surface area contributed by atoms with Crippen LogP contribution in [0.1, 0.15) is 11.1 Å². The predicted molar refractivity (Wildman–Crippen MR) is 193 cm³/mol. The number of phenols is 1. The molecule has 0 saturated carbocycles. The standard InChI is InChI=1S/C37H31N7O5S/c1-23-21-35(44-42-33-19-8-25-22-29(15-18-31(25)37(33)45)38-26-13-16-30(49-3)17-14-26)24(2)20-34(23)43-40-28-11-9-27(10-12-28)39-41-32-6-4-5-7-36(32)50(46,47)48/h4-22,38,45H,1-3H3,(H,46,47,48). The number of aryl methyl sites for hydroxylation is 2. The molecule has 0 aliphatic rings. The Hall–Kier alpha value is -6.31. The Morgan fingerprint density at radius 2 is 1.16 bits per heavy atom. The van der Waals surface area contributed by atoms with Crippen molar-refractivity contribution in [3.8, 4) is 11.5 Å². The monoisotopic (exact) mass is 685 g/mol. The van der Waals surface area contributed by atoms with Gasteiger partial charge in [-0.1, -0.05) is 18.2 Å². The first-order valence-corrected chi connectivity index (χ1v) is 16.7. The Bertz CT molecular complexity index is 2390. The smallest absolute Gasteiger partial charge is 0.296 e. The average molecular weight is 686 g/mol. The Kier molecular flexibility index (Phi) is 9.70. The number of methoxy groups -OCH3 is 1. The third-order valence-corrected chi connectivity index (χ3v) is 8.57. The van der Waals surface area contributed by atoms with Crippen molar-refractivity contribution in [1.29, 1.82) is 0 Å². The van der Waals surface area contributed by atoms with Crippen LogP contribution in [-0.4, -0.2) is 25.2 Å². The zero-order valence-corrected chi connectivity index (χ0v) is 28.0. The van der Waals surface area contributed by atoms with Crippen LogP contribution in [0.5, 0.6) is 11.5 Å². The van der Waals surface area contributed by atoms with E-state index >= 15 is 0 Å². The number of aromatic hydroxyl groups is 1. The van der Waals surface area contributed by atoms with E-state index in [0.29, 0.717) is 33.8 Å². The summed E-state index contributed by atoms with van der Waals surface area (Å²) in [5.41, 5.74) is 6.12. The minimum Gasteiger partial charge on any atom is -0.505 e. The fourth-order valence-electron chi connectivity index (χ4n) is 4.98. The second kappa shape index (κ2) is 14.4. The quantitative estimate of drug-likeness (QED) is 0.0956. The second-order valence-corrected chi connectivity index (χ2v) is 12.6. The van der Waals surface area contributed by atoms with E-state index in [9.17, 15) is 18.1 Å². The van der Waals surface area contributed by atoms with Crippen molar-refractivity contribution in [3.05, 3.63) is 126 Å². The van der Waals surface area contributed by atoms with Crippen LogP contribution in [0.4, 0.5) is 45.5 Å². The first-order chi connectivity index (χ1) is 24.1. The van der Waals surface area contributed by atoms with Crippen LogP contribution in [0, 0.1) is 13.8 Å². The van der Waals surface area contributed by atoms with Crippen LogP contribution < -0.4 is 10.1 Å². The van der Waals surface area contributed by atoms with Crippen LogP contribution in [-0.2, 0) is 10.1 Å². The molecule has 6 rings (SSSR count). The minimum atomic E-state index is -4.43. The van der Waals surface area contributed by atoms with Gasteiger partial charge in [-0.15, -0.1) is 10.2 Å². The van der Waals surface area contributed by atoms with Gasteiger partial charge in [0.15, 0.2) is 5.75 Å². The largest absolute Gasteiger partial charge is 0.505 e. The number of fused-ring (bicyclic) bond motifs is 1. The SMILES string of the molecule is COc1ccc(Nc2ccc3c(O)c(N=Nc4cc(C)c(N=Nc5ccc(N=Nc6ccccc6S(=O)(=O)O)cc5)cc4C)ccc3c2)cc1. The summed E-state index contributed by atoms with van der Waals surface area (Å²) in [6.07, 6.45) is 0. The van der Waals surface area contributed by atoms with Crippen LogP contribution in [0.2, 0.25) is 0 Å². The van der Waals surface area contributed by atoms with Crippen molar-refractivity contribution in [2.24, 2.45) is 30.7 Å². The van der Waals surface area contributed by atoms with Crippen molar-refractivity contribution in [1.82, 2.24) is 0 Å². The highest BCUT2D eigenvalue weighted by atomic mass is 32.2. The van der Waals surface area contributed by atoms with Gasteiger partial charge in [-0.05, 0) is 127 Å². The van der Waals surface area contributed by atoms with Crippen molar-refractivity contribution >= 4 is 66.4 Å². The van der Waals surface area contributed by atoms with Crippen molar-refractivity contribution in [2.45, 2.75) is 18.7 Å². The number of anilines is 2. The lowest BCUT2D eigenvalue weighted by molar-refractivity contribution is 0.415. The molecule has 0 amide bonds. The van der Waals surface area contributed by atoms with Crippen molar-refractivity contribution in [2.75, 3.05) is 12.4 Å². The van der Waals surface area contributed by atoms with Crippen molar-refractivity contribution in [3.63, 3.8) is 0 Å². The topological polar surface area (TPSA) is 170 Å². The van der Waals surface area contributed by atoms with Gasteiger partial charge in [-0.2, -0.15) is 28.9 Å². The van der Waals surface area contributed by atoms with E-state index in [1.54, 1.807) is 43.5 Å². The maximum atomic E-state index is 11.6. The highest BCUT2D eigenvalue weighted by Gasteiger charge is 2.14. The van der Waals surface area contributed by atoms with Crippen LogP contribution in [0.15, 0.2) is 151 Å². The molecule has 13 heteroatoms. The number of azo groups is 3. The van der Waals surface area contributed by atoms with Gasteiger partial charge in [-0.25, -0.2) is 0 Å². The molecule has 0 fully saturated rings. The Labute approximate surface area is 288 Å². The molecule has 50 heavy (non-hydrogen) atoms. The lowest BCUT2D eigenvalue weighted by atomic mass is 10.1. The summed E-state index contributed by atoms with van der Waals surface area (Å²) in [5, 5.41) is 41.4. The van der Waals surface area contributed by atoms with Crippen LogP contribution in [0.3, 0.4) is 0 Å². The van der Waals surface area contributed by atoms with Gasteiger partial charge < -0.3 is 15.2 Å². The van der Waals surface area contributed by atoms with Gasteiger partial charge in [-0.3, -0.25) is 4.55 Å². The van der Waals surface area contributed by atoms with Crippen molar-refractivity contribution < 1.29 is 22.8 Å². The van der Waals surface area contributed by atoms with Gasteiger partial charge in [0, 0.05) is 16.8 Å². The second-order valence-electron chi connectivity index (χ2n) is 11.2. The fraction of sp³-hybridized carbons (Fsp3) is 0.0811. The molecule has 0 radical (unpaired) electrons. The Morgan fingerprint density at radius 1 is 0.600 bits per heavy atom. The number of benzene rings is 6. The van der Waals surface area contributed by atoms with Gasteiger partial charge >= 0.3 is 0 Å². The summed E-state index contributed by atoms with van der Waals surface area (Å²) < 4.78 is 37.8. The van der Waals surface area contributed by atoms with E-state index in [4.69, 9.17) is 4.74 Å². The molecule has 0 bridgehead atoms. The number of nitrogens with zero attached hydrogens (tertiary/aromatic N) is 6. The highest BCUT2D eigenvalue weighted by molar-refractivity contribution is 7.86. The lowest BCUT2D eigenvalue weighted by Gasteiger charge is -2.10. The normalized spacial score (nSPS) is 12.0. The van der Waals surface area contributed by atoms with Crippen LogP contribution >= 0.6 is 0 Å². The number of nitrogens with one attached hydrogen (secondary N) is 1. The first-order valence-electron chi connectivity index (χ1n) is 15.3. The number of rotatable bonds is 10. The van der Waals surface area contributed by atoms with Gasteiger partial charge in [0.05, 0.1) is 29.9 Å². The molecule has 6 aromatic rings. The molecule has 0 aromatic heterocycles. The first kappa shape index (κ1) is 33.6. The molecule has 250 valence electrons. The number of phenolic OH excluding ortho intramolecular Hbond substituents is 1. The molecule has 0 aliphatic heterocycles. The third-order valence-electron chi connectivity index (χ3n) is 7.67. The third kappa shape index (κ3) is 7.86. The minimum absolute atomic E-state index is 0.0232. The summed E-state index contributed by atoms with van der Waals surface area (Å²) in [6.45, 7) is 3.79. The Morgan fingerprint density at radius 3 is 1.78 bits per heavy atom. The number of hydrogen-bond donors (Lipinski definition) is 3. The fourth-order valence-corrected chi connectivity index (χ4v) is 5.60. The molecule has 0 heterocycles. The summed E-state index contributed by atoms with van der Waals surface area (Å²) in [4.78, 5) is -0.326. The molecule has 0 atom stereocenters. The van der Waals surface area contributed by atoms with Gasteiger partial charge in [0.2, 0.25) is 0 Å². The molecular formula is C37H31N7O5S. The van der Waals surface area contributed by atoms with E-state index < -0.39 is 10.1 Å². The van der Waals surface area contributed by atoms with E-state index in [0.717, 1.165) is 33.6 Å². The maximum Gasteiger partial charge on any atom is 0.296 e. The molecule has 6 aromatic carbocycles. The molecule has 12 nitrogen and oxygen atoms in total. The van der Waals surface area contributed by atoms with E-state index in [-0.39, 0.29) is 16.3 Å². The maximum absolute atomic E-state index is 11.6.